The summed E-state index contributed by atoms with van der Waals surface area (Å²) in [6, 6.07) is 0. The molecule has 0 N–H and O–H groups in total. The van der Waals surface area contributed by atoms with Crippen LogP contribution in [0.1, 0.15) is 0 Å². The third-order valence-electron chi connectivity index (χ3n) is 0. The first-order chi connectivity index (χ1) is 1.73. The molecule has 0 amide bonds. The average Bonchev–Trinajstić information content (AvgIpc) is 0.811. The molecular formula is CH4K2Li2Na2O3. The molecule has 0 atom stereocenters. The zero-order chi connectivity index (χ0) is 3.58. The maximum absolute atomic E-state index is 8.33. The molecule has 10 heavy (non-hydrogen) atoms. The Hall–Kier alpha value is 5.74. The van der Waals surface area contributed by atoms with Crippen molar-refractivity contribution in [2.24, 2.45) is 0 Å². The van der Waals surface area contributed by atoms with E-state index in [9.17, 15) is 0 Å². The van der Waals surface area contributed by atoms with Crippen molar-refractivity contribution < 1.29 is 74.1 Å². The van der Waals surface area contributed by atoms with E-state index in [1.165, 1.54) is 0 Å². The van der Waals surface area contributed by atoms with Gasteiger partial charge in [-0.05, 0) is 6.16 Å². The summed E-state index contributed by atoms with van der Waals surface area (Å²) in [6.07, 6.45) is -2.33. The van der Waals surface area contributed by atoms with Crippen LogP contribution in [0.5, 0.6) is 0 Å². The second kappa shape index (κ2) is 36.4. The molecule has 0 rings (SSSR count). The van der Waals surface area contributed by atoms with Crippen molar-refractivity contribution >= 4 is 147 Å². The van der Waals surface area contributed by atoms with E-state index >= 15 is 0 Å². The number of hydrogen-bond donors (Lipinski definition) is 0. The first kappa shape index (κ1) is 44.8. The smallest absolute Gasteiger partial charge is 1.00 e. The van der Waals surface area contributed by atoms with Gasteiger partial charge in [-0.3, -0.25) is 0 Å². The predicted molar refractivity (Wildman–Crippen MR) is 34.0 cm³/mol. The Bertz CT molecular complexity index is 45.5. The summed E-state index contributed by atoms with van der Waals surface area (Å²) in [4.78, 5) is 8.33. The zero-order valence-corrected chi connectivity index (χ0v) is 7.72. The van der Waals surface area contributed by atoms with E-state index < -0.39 is 6.16 Å². The van der Waals surface area contributed by atoms with E-state index in [0.29, 0.717) is 0 Å². The Kier molecular flexibility index (Phi) is 163. The van der Waals surface area contributed by atoms with E-state index in [1.807, 2.05) is 0 Å². The van der Waals surface area contributed by atoms with Gasteiger partial charge in [0.2, 0.25) is 0 Å². The predicted octanol–water partition coefficient (Wildman–Crippen LogP) is -11.0. The largest absolute Gasteiger partial charge is 1.00 e. The van der Waals surface area contributed by atoms with Crippen LogP contribution in [-0.2, 0) is 0 Å². The van der Waals surface area contributed by atoms with Gasteiger partial charge < -0.3 is 15.0 Å². The number of carbonyl (C=O) groups is 1. The summed E-state index contributed by atoms with van der Waals surface area (Å²) in [5.74, 6) is 0. The first-order valence-corrected chi connectivity index (χ1v) is 0.612. The van der Waals surface area contributed by atoms with Crippen molar-refractivity contribution in [3.8, 4) is 0 Å². The Balaban J connectivity index is -0.00000000300. The molecule has 0 aliphatic carbocycles. The maximum Gasteiger partial charge on any atom is 1.00 e. The molecule has 0 bridgehead atoms. The minimum absolute atomic E-state index is 0. The van der Waals surface area contributed by atoms with E-state index in [2.05, 4.69) is 0 Å². The quantitative estimate of drug-likeness (QED) is 0.366. The van der Waals surface area contributed by atoms with Crippen molar-refractivity contribution in [3.63, 3.8) is 0 Å². The van der Waals surface area contributed by atoms with Crippen LogP contribution in [-0.4, -0.2) is 147 Å². The van der Waals surface area contributed by atoms with E-state index in [-0.39, 0.29) is 200 Å². The summed E-state index contributed by atoms with van der Waals surface area (Å²) < 4.78 is 0. The second-order valence-electron chi connectivity index (χ2n) is 0.250. The fourth-order valence-corrected chi connectivity index (χ4v) is 0. The number of carboxylic acid groups (broad SMARTS) is 2. The summed E-state index contributed by atoms with van der Waals surface area (Å²) in [7, 11) is 0. The van der Waals surface area contributed by atoms with Gasteiger partial charge in [-0.2, -0.15) is 0 Å². The molecule has 32 valence electrons. The molecule has 0 saturated heterocycles. The fourth-order valence-electron chi connectivity index (χ4n) is 0. The first-order valence-electron chi connectivity index (χ1n) is 0.612. The van der Waals surface area contributed by atoms with Gasteiger partial charge in [0.15, 0.2) is 0 Å². The summed E-state index contributed by atoms with van der Waals surface area (Å²) in [5, 5.41) is 16.7. The molecule has 0 unspecified atom stereocenters. The van der Waals surface area contributed by atoms with Gasteiger partial charge in [0.25, 0.3) is 0 Å². The number of hydrogen-bond acceptors (Lipinski definition) is 3. The Morgan fingerprint density at radius 1 is 0.900 bits per heavy atom. The van der Waals surface area contributed by atoms with Crippen molar-refractivity contribution in [2.45, 2.75) is 0 Å². The third-order valence-corrected chi connectivity index (χ3v) is 0. The summed E-state index contributed by atoms with van der Waals surface area (Å²) in [5.41, 5.74) is 0. The van der Waals surface area contributed by atoms with Crippen LogP contribution in [0, 0.1) is 0 Å². The molecule has 0 aliphatic heterocycles. The van der Waals surface area contributed by atoms with Gasteiger partial charge in [-0.1, -0.05) is 0 Å². The molecule has 3 nitrogen and oxygen atoms in total. The molecule has 0 radical (unpaired) electrons. The van der Waals surface area contributed by atoms with Crippen LogP contribution in [0.15, 0.2) is 0 Å². The molecule has 0 aliphatic rings. The number of rotatable bonds is 0. The molecule has 0 aromatic carbocycles. The SMILES string of the molecule is O=C([O-])[O-].[KH].[KH].[LiH].[LiH].[Na+].[Na+]. The minimum Gasteiger partial charge on any atom is 1.00 e. The minimum atomic E-state index is -2.33. The second-order valence-corrected chi connectivity index (χ2v) is 0.250. The van der Waals surface area contributed by atoms with Crippen LogP contribution >= 0.6 is 0 Å². The molecule has 0 heterocycles. The third kappa shape index (κ3) is 67.7. The van der Waals surface area contributed by atoms with Crippen molar-refractivity contribution in [1.29, 1.82) is 0 Å². The van der Waals surface area contributed by atoms with E-state index in [4.69, 9.17) is 15.0 Å². The van der Waals surface area contributed by atoms with Crippen LogP contribution in [0.25, 0.3) is 0 Å². The Morgan fingerprint density at radius 3 is 0.900 bits per heavy atom. The molecular weight excluding hydrogens is 198 g/mol. The molecule has 0 fully saturated rings. The zero-order valence-electron chi connectivity index (χ0n) is 3.72. The van der Waals surface area contributed by atoms with Crippen molar-refractivity contribution in [3.05, 3.63) is 0 Å². The standard InChI is InChI=1S/CH2O3.2K.2Li.2Na.4H/c2-1(3)4;;;;;;;;;;/h(H2,2,3,4);;;;;;;;;;/q;;;;;2*+1;;;;/p-2. The topological polar surface area (TPSA) is 63.2 Å². The van der Waals surface area contributed by atoms with Gasteiger partial charge in [0.1, 0.15) is 0 Å². The number of carbonyl (C=O) groups excluding carboxylic acids is 1. The average molecular weight is 202 g/mol. The summed E-state index contributed by atoms with van der Waals surface area (Å²) in [6.45, 7) is 0. The van der Waals surface area contributed by atoms with Crippen LogP contribution in [0.4, 0.5) is 4.79 Å². The molecule has 0 saturated carbocycles. The molecule has 0 spiro atoms. The van der Waals surface area contributed by atoms with Gasteiger partial charge in [-0.15, -0.1) is 0 Å². The van der Waals surface area contributed by atoms with Gasteiger partial charge in [0, 0.05) is 0 Å². The molecule has 9 heteroatoms. The van der Waals surface area contributed by atoms with Gasteiger partial charge >= 0.3 is 200 Å². The van der Waals surface area contributed by atoms with Gasteiger partial charge in [0.05, 0.1) is 0 Å². The summed E-state index contributed by atoms with van der Waals surface area (Å²) >= 11 is 0. The normalized spacial score (nSPS) is 2.40. The van der Waals surface area contributed by atoms with Crippen LogP contribution < -0.4 is 69.3 Å². The van der Waals surface area contributed by atoms with Gasteiger partial charge in [-0.25, -0.2) is 0 Å². The maximum atomic E-state index is 8.33. The van der Waals surface area contributed by atoms with Crippen LogP contribution in [0.3, 0.4) is 0 Å². The Morgan fingerprint density at radius 2 is 0.900 bits per heavy atom. The fraction of sp³-hybridized carbons (Fsp3) is 0. The van der Waals surface area contributed by atoms with Crippen molar-refractivity contribution in [1.82, 2.24) is 0 Å². The van der Waals surface area contributed by atoms with Crippen LogP contribution in [0.2, 0.25) is 0 Å². The monoisotopic (exact) mass is 202 g/mol. The van der Waals surface area contributed by atoms with E-state index in [1.54, 1.807) is 0 Å². The van der Waals surface area contributed by atoms with E-state index in [0.717, 1.165) is 0 Å². The molecule has 0 aromatic rings. The molecule has 0 aromatic heterocycles. The van der Waals surface area contributed by atoms with Crippen molar-refractivity contribution in [2.75, 3.05) is 0 Å². The Labute approximate surface area is 214 Å².